The minimum atomic E-state index is -0.398. The first-order valence-corrected chi connectivity index (χ1v) is 34.4. The average Bonchev–Trinajstić information content (AvgIpc) is 0.827. The van der Waals surface area contributed by atoms with Crippen LogP contribution in [0.2, 0.25) is 6.82 Å². The molecule has 22 heteroatoms. The van der Waals surface area contributed by atoms with Gasteiger partial charge in [0, 0.05) is 195 Å². The highest BCUT2D eigenvalue weighted by molar-refractivity contribution is 6.45. The average molecular weight is 1320 g/mol. The Balaban J connectivity index is 0.000000133. The van der Waals surface area contributed by atoms with Gasteiger partial charge in [-0.25, -0.2) is 24.7 Å². The van der Waals surface area contributed by atoms with Gasteiger partial charge in [-0.3, -0.25) is 24.1 Å². The highest BCUT2D eigenvalue weighted by Crippen LogP contribution is 2.35. The van der Waals surface area contributed by atoms with E-state index in [-0.39, 0.29) is 15.0 Å². The number of hydrogen-bond acceptors (Lipinski definition) is 17. The molecule has 4 aliphatic heterocycles. The van der Waals surface area contributed by atoms with E-state index in [2.05, 4.69) is 186 Å². The van der Waals surface area contributed by atoms with Gasteiger partial charge in [-0.15, -0.1) is 0 Å². The molecule has 97 heavy (non-hydrogen) atoms. The molecule has 0 atom stereocenters. The number of nitrogens with one attached hydrogen (secondary N) is 2. The number of halogens is 4. The summed E-state index contributed by atoms with van der Waals surface area (Å²) in [4.78, 5) is 47.9. The summed E-state index contributed by atoms with van der Waals surface area (Å²) in [6, 6.07) is 54.9. The summed E-state index contributed by atoms with van der Waals surface area (Å²) in [5, 5.41) is 27.2. The van der Waals surface area contributed by atoms with Crippen molar-refractivity contribution in [3.05, 3.63) is 187 Å². The van der Waals surface area contributed by atoms with Crippen molar-refractivity contribution >= 4 is 90.1 Å². The number of para-hydroxylation sites is 1. The number of fused-ring (bicyclic) bond motifs is 5. The van der Waals surface area contributed by atoms with Gasteiger partial charge in [-0.2, -0.15) is 0 Å². The molecule has 0 amide bonds. The van der Waals surface area contributed by atoms with Crippen LogP contribution in [0, 0.1) is 0 Å². The second-order valence-corrected chi connectivity index (χ2v) is 26.5. The van der Waals surface area contributed by atoms with E-state index in [4.69, 9.17) is 19.3 Å². The molecule has 3 aliphatic carbocycles. The lowest BCUT2D eigenvalue weighted by molar-refractivity contribution is 0.0969. The number of aromatic nitrogens is 4. The van der Waals surface area contributed by atoms with Gasteiger partial charge in [0.15, 0.2) is 0 Å². The molecule has 0 radical (unpaired) electrons. The van der Waals surface area contributed by atoms with Gasteiger partial charge in [0.05, 0.1) is 5.69 Å². The lowest BCUT2D eigenvalue weighted by Gasteiger charge is -2.47. The molecule has 7 fully saturated rings. The Hall–Kier alpha value is -8.51. The van der Waals surface area contributed by atoms with Crippen molar-refractivity contribution in [2.75, 3.05) is 117 Å². The predicted molar refractivity (Wildman–Crippen MR) is 389 cm³/mol. The summed E-state index contributed by atoms with van der Waals surface area (Å²) < 4.78 is 21.3. The third-order valence-electron chi connectivity index (χ3n) is 20.5. The Bertz CT molecular complexity index is 4170. The summed E-state index contributed by atoms with van der Waals surface area (Å²) in [6.45, 7) is 16.8. The molecule has 5 aromatic carbocycles. The second-order valence-electron chi connectivity index (χ2n) is 26.5. The van der Waals surface area contributed by atoms with Crippen molar-refractivity contribution in [2.24, 2.45) is 5.73 Å². The molecule has 5 aromatic heterocycles. The van der Waals surface area contributed by atoms with Crippen molar-refractivity contribution < 1.29 is 28.0 Å². The Kier molecular flexibility index (Phi) is 23.9. The zero-order chi connectivity index (χ0) is 65.0. The van der Waals surface area contributed by atoms with E-state index in [1.807, 2.05) is 49.1 Å². The smallest absolute Gasteiger partial charge is 0.373 e. The van der Waals surface area contributed by atoms with Gasteiger partial charge < -0.3 is 45.3 Å². The van der Waals surface area contributed by atoms with Crippen molar-refractivity contribution in [1.82, 2.24) is 39.9 Å². The monoisotopic (exact) mass is 1320 g/mol. The molecule has 10 aromatic rings. The molecule has 5 N–H and O–H groups in total. The second kappa shape index (κ2) is 33.2. The Morgan fingerprint density at radius 3 is 1.14 bits per heavy atom. The van der Waals surface area contributed by atoms with E-state index in [0.717, 1.165) is 158 Å². The van der Waals surface area contributed by atoms with E-state index in [1.165, 1.54) is 75.2 Å². The van der Waals surface area contributed by atoms with Crippen LogP contribution in [0.3, 0.4) is 0 Å². The SMILES string of the molecule is CB(O)NC1CC(N2CCN(c3nccc4ccccc34)CC2)C1.F.F.FF.NC1CC(N2CCN(c3nccc4ccccc34)CC2)C1.O=c1cc(NC2CC(N3CCN(c4nccc5ccccc45)CC3)C2)c2ccccc2o1.c1ccc2c(N3CCCCC3)nccc2c1. The van der Waals surface area contributed by atoms with Crippen LogP contribution in [-0.4, -0.2) is 175 Å². The highest BCUT2D eigenvalue weighted by atomic mass is 20.0. The van der Waals surface area contributed by atoms with E-state index in [1.54, 1.807) is 12.9 Å². The molecule has 17 rings (SSSR count). The fraction of sp³-hybridized carbons (Fsp3) is 0.400. The van der Waals surface area contributed by atoms with E-state index < -0.39 is 7.05 Å². The number of nitrogens with two attached hydrogens (primary N) is 1. The number of piperidine rings is 1. The van der Waals surface area contributed by atoms with Crippen LogP contribution in [0.1, 0.15) is 57.8 Å². The fourth-order valence-electron chi connectivity index (χ4n) is 15.2. The molecule has 510 valence electrons. The lowest BCUT2D eigenvalue weighted by atomic mass is 9.78. The third kappa shape index (κ3) is 16.6. The van der Waals surface area contributed by atoms with Gasteiger partial charge in [-0.05, 0) is 123 Å². The predicted octanol–water partition coefficient (Wildman–Crippen LogP) is 11.9. The summed E-state index contributed by atoms with van der Waals surface area (Å²) in [6.07, 6.45) is 18.5. The topological polar surface area (TPSA) is 175 Å². The van der Waals surface area contributed by atoms with Gasteiger partial charge in [0.25, 0.3) is 0 Å². The number of rotatable bonds is 11. The van der Waals surface area contributed by atoms with Crippen LogP contribution in [0.15, 0.2) is 186 Å². The van der Waals surface area contributed by atoms with Crippen LogP contribution in [-0.2, 0) is 0 Å². The number of anilines is 5. The summed E-state index contributed by atoms with van der Waals surface area (Å²) in [5.74, 6) is 4.52. The minimum absolute atomic E-state index is 0. The molecule has 0 unspecified atom stereocenters. The maximum atomic E-state index is 11.9. The van der Waals surface area contributed by atoms with Crippen molar-refractivity contribution in [3.63, 3.8) is 0 Å². The molecular weight excluding hydrogens is 1230 g/mol. The molecule has 9 heterocycles. The molecular formula is C75H91BF4N14O3. The molecule has 0 bridgehead atoms. The zero-order valence-corrected chi connectivity index (χ0v) is 55.4. The van der Waals surface area contributed by atoms with Crippen molar-refractivity contribution in [1.29, 1.82) is 0 Å². The molecule has 3 saturated carbocycles. The summed E-state index contributed by atoms with van der Waals surface area (Å²) in [5.41, 5.74) is 7.12. The molecule has 4 saturated heterocycles. The van der Waals surface area contributed by atoms with E-state index >= 15 is 0 Å². The maximum absolute atomic E-state index is 11.9. The Morgan fingerprint density at radius 2 is 0.773 bits per heavy atom. The van der Waals surface area contributed by atoms with Gasteiger partial charge in [0.2, 0.25) is 0 Å². The van der Waals surface area contributed by atoms with E-state index in [0.29, 0.717) is 35.8 Å². The van der Waals surface area contributed by atoms with Crippen LogP contribution in [0.4, 0.5) is 47.5 Å². The fourth-order valence-corrected chi connectivity index (χ4v) is 15.2. The zero-order valence-electron chi connectivity index (χ0n) is 55.4. The van der Waals surface area contributed by atoms with Crippen LogP contribution in [0.5, 0.6) is 0 Å². The van der Waals surface area contributed by atoms with E-state index in [9.17, 15) is 9.82 Å². The minimum Gasteiger partial charge on any atom is -0.437 e. The number of hydrogen-bond donors (Lipinski definition) is 4. The lowest BCUT2D eigenvalue weighted by Crippen LogP contribution is -2.59. The first-order valence-electron chi connectivity index (χ1n) is 34.4. The van der Waals surface area contributed by atoms with Crippen LogP contribution in [0.25, 0.3) is 54.1 Å². The van der Waals surface area contributed by atoms with Gasteiger partial charge in [0.1, 0.15) is 28.9 Å². The third-order valence-corrected chi connectivity index (χ3v) is 20.5. The first-order chi connectivity index (χ1) is 46.7. The number of piperazine rings is 3. The summed E-state index contributed by atoms with van der Waals surface area (Å²) >= 11 is 0. The molecule has 17 nitrogen and oxygen atoms in total. The summed E-state index contributed by atoms with van der Waals surface area (Å²) in [7, 11) is -0.398. The van der Waals surface area contributed by atoms with Crippen LogP contribution >= 0.6 is 0 Å². The van der Waals surface area contributed by atoms with Crippen molar-refractivity contribution in [2.45, 2.75) is 101 Å². The Labute approximate surface area is 565 Å². The van der Waals surface area contributed by atoms with Gasteiger partial charge in [-0.1, -0.05) is 109 Å². The van der Waals surface area contributed by atoms with Crippen LogP contribution < -0.4 is 41.5 Å². The Morgan fingerprint density at radius 1 is 0.443 bits per heavy atom. The number of pyridine rings is 4. The van der Waals surface area contributed by atoms with Crippen molar-refractivity contribution in [3.8, 4) is 0 Å². The molecule has 7 aliphatic rings. The normalized spacial score (nSPS) is 21.9. The largest absolute Gasteiger partial charge is 0.437 e. The number of nitrogens with zero attached hydrogens (tertiary/aromatic N) is 11. The molecule has 0 spiro atoms. The highest BCUT2D eigenvalue weighted by Gasteiger charge is 2.38. The quantitative estimate of drug-likeness (QED) is 0.0546. The first kappa shape index (κ1) is 69.8. The standard InChI is InChI=1S/C26H26N4O2.C18H25BN4O.C17H22N4.C14H16N2.F2.2FH/c31-25-17-23(22-7-3-4-8-24(22)32-25)28-19-15-20(16-19)29-11-13-30(14-12-29)26-21-6-2-1-5-18(21)9-10-27-26;1-19(24)21-15-12-16(13-15)22-8-10-23(11-9-22)18-17-5-3-2-4-14(17)6-7-20-18;18-14-11-15(12-14)20-7-9-21(10-8-20)17-16-4-2-1-3-13(16)5-6-19-17;1-4-10-16(11-5-1)14-13-7-3-2-6-12(13)8-9-15-14;1-2;;/h1-10,17,19-20,28H,11-16H2;2-7,15-16,21,24H,8-13H2,1H3;1-6,14-15H,7-12,18H2;2-3,6-9H,1,4-5,10-11H2;;2*1H. The number of benzene rings is 5. The maximum Gasteiger partial charge on any atom is 0.373 e. The van der Waals surface area contributed by atoms with Gasteiger partial charge >= 0.3 is 12.7 Å².